The Balaban J connectivity index is 3.32. The Morgan fingerprint density at radius 1 is 1.42 bits per heavy atom. The highest BCUT2D eigenvalue weighted by atomic mass is 16.5. The van der Waals surface area contributed by atoms with Gasteiger partial charge in [-0.1, -0.05) is 33.1 Å². The van der Waals surface area contributed by atoms with Gasteiger partial charge >= 0.3 is 0 Å². The predicted octanol–water partition coefficient (Wildman–Crippen LogP) is 3.21. The van der Waals surface area contributed by atoms with Crippen LogP contribution in [0.25, 0.3) is 0 Å². The van der Waals surface area contributed by atoms with Crippen LogP contribution in [0.2, 0.25) is 0 Å². The summed E-state index contributed by atoms with van der Waals surface area (Å²) in [5, 5.41) is 3.15. The summed E-state index contributed by atoms with van der Waals surface area (Å²) in [6.45, 7) is 5.37. The van der Waals surface area contributed by atoms with Crippen LogP contribution in [0.1, 0.15) is 39.5 Å². The van der Waals surface area contributed by atoms with Gasteiger partial charge in [-0.25, -0.2) is 5.53 Å². The number of nitrogens with zero attached hydrogens (tertiary/aromatic N) is 1. The van der Waals surface area contributed by atoms with E-state index in [2.05, 4.69) is 19.0 Å². The molecule has 0 aliphatic heterocycles. The van der Waals surface area contributed by atoms with Gasteiger partial charge in [-0.15, -0.1) is 0 Å². The van der Waals surface area contributed by atoms with Gasteiger partial charge in [0.15, 0.2) is 6.73 Å². The molecule has 0 aromatic rings. The topological polar surface area (TPSA) is 45.4 Å². The fourth-order valence-electron chi connectivity index (χ4n) is 1.16. The second kappa shape index (κ2) is 8.65. The number of hydrogen-bond donors (Lipinski definition) is 1. The summed E-state index contributed by atoms with van der Waals surface area (Å²) >= 11 is 0. The molecule has 72 valence electrons. The Bertz CT molecular complexity index is 107. The maximum Gasteiger partial charge on any atom is 0.157 e. The van der Waals surface area contributed by atoms with Crippen molar-refractivity contribution in [3.05, 3.63) is 0 Å². The molecule has 1 atom stereocenters. The molecular weight excluding hydrogens is 152 g/mol. The Labute approximate surface area is 75.0 Å². The van der Waals surface area contributed by atoms with Gasteiger partial charge in [-0.05, 0) is 12.3 Å². The average Bonchev–Trinajstić information content (AvgIpc) is 2.11. The van der Waals surface area contributed by atoms with Crippen molar-refractivity contribution in [3.8, 4) is 0 Å². The highest BCUT2D eigenvalue weighted by Gasteiger charge is 2.04. The first-order chi connectivity index (χ1) is 5.85. The van der Waals surface area contributed by atoms with Crippen LogP contribution in [-0.2, 0) is 4.74 Å². The van der Waals surface area contributed by atoms with Crippen LogP contribution in [0.4, 0.5) is 0 Å². The van der Waals surface area contributed by atoms with Crippen molar-refractivity contribution in [2.45, 2.75) is 39.5 Å². The summed E-state index contributed by atoms with van der Waals surface area (Å²) in [5.41, 5.74) is 6.54. The lowest BCUT2D eigenvalue weighted by molar-refractivity contribution is 0.0956. The van der Waals surface area contributed by atoms with E-state index in [1.807, 2.05) is 0 Å². The summed E-state index contributed by atoms with van der Waals surface area (Å²) in [6.07, 6.45) is 4.93. The van der Waals surface area contributed by atoms with Crippen LogP contribution < -0.4 is 0 Å². The van der Waals surface area contributed by atoms with Crippen molar-refractivity contribution in [3.63, 3.8) is 0 Å². The zero-order valence-electron chi connectivity index (χ0n) is 8.18. The average molecular weight is 172 g/mol. The van der Waals surface area contributed by atoms with Crippen LogP contribution in [0.15, 0.2) is 5.11 Å². The first-order valence-electron chi connectivity index (χ1n) is 4.76. The fourth-order valence-corrected chi connectivity index (χ4v) is 1.16. The first-order valence-corrected chi connectivity index (χ1v) is 4.76. The monoisotopic (exact) mass is 172 g/mol. The minimum atomic E-state index is 0.225. The molecule has 3 nitrogen and oxygen atoms in total. The Morgan fingerprint density at radius 2 is 2.17 bits per heavy atom. The molecule has 0 aromatic heterocycles. The van der Waals surface area contributed by atoms with Gasteiger partial charge in [0.25, 0.3) is 0 Å². The lowest BCUT2D eigenvalue weighted by Crippen LogP contribution is -2.08. The van der Waals surface area contributed by atoms with Crippen molar-refractivity contribution >= 4 is 0 Å². The molecular formula is C9H20N2O. The van der Waals surface area contributed by atoms with Crippen molar-refractivity contribution in [2.24, 2.45) is 11.0 Å². The van der Waals surface area contributed by atoms with Gasteiger partial charge in [0, 0.05) is 0 Å². The predicted molar refractivity (Wildman–Crippen MR) is 49.3 cm³/mol. The molecule has 0 bridgehead atoms. The molecule has 1 N–H and O–H groups in total. The van der Waals surface area contributed by atoms with Crippen LogP contribution in [-0.4, -0.2) is 13.3 Å². The summed E-state index contributed by atoms with van der Waals surface area (Å²) in [5.74, 6) is 0.659. The molecule has 1 unspecified atom stereocenters. The largest absolute Gasteiger partial charge is 0.357 e. The minimum absolute atomic E-state index is 0.225. The number of nitrogens with one attached hydrogen (secondary N) is 1. The van der Waals surface area contributed by atoms with Crippen molar-refractivity contribution in [2.75, 3.05) is 13.3 Å². The Kier molecular flexibility index (Phi) is 8.34. The number of ether oxygens (including phenoxy) is 1. The Morgan fingerprint density at radius 3 is 2.67 bits per heavy atom. The number of unbranched alkanes of at least 4 members (excludes halogenated alkanes) is 1. The van der Waals surface area contributed by atoms with Crippen molar-refractivity contribution in [1.29, 1.82) is 5.53 Å². The fraction of sp³-hybridized carbons (Fsp3) is 1.00. The van der Waals surface area contributed by atoms with Gasteiger partial charge < -0.3 is 4.74 Å². The smallest absolute Gasteiger partial charge is 0.157 e. The summed E-state index contributed by atoms with van der Waals surface area (Å²) < 4.78 is 5.18. The van der Waals surface area contributed by atoms with Gasteiger partial charge in [0.1, 0.15) is 0 Å². The van der Waals surface area contributed by atoms with Gasteiger partial charge in [-0.2, -0.15) is 5.11 Å². The molecule has 0 rings (SSSR count). The summed E-state index contributed by atoms with van der Waals surface area (Å²) in [4.78, 5) is 0. The molecule has 0 fully saturated rings. The molecule has 12 heavy (non-hydrogen) atoms. The zero-order chi connectivity index (χ0) is 9.23. The third-order valence-corrected chi connectivity index (χ3v) is 2.05. The Hall–Kier alpha value is -0.440. The highest BCUT2D eigenvalue weighted by molar-refractivity contribution is 4.55. The van der Waals surface area contributed by atoms with Crippen molar-refractivity contribution in [1.82, 2.24) is 0 Å². The minimum Gasteiger partial charge on any atom is -0.357 e. The summed E-state index contributed by atoms with van der Waals surface area (Å²) in [6, 6.07) is 0. The van der Waals surface area contributed by atoms with Gasteiger partial charge in [-0.3, -0.25) is 0 Å². The van der Waals surface area contributed by atoms with Gasteiger partial charge in [0.2, 0.25) is 0 Å². The number of hydrogen-bond acceptors (Lipinski definition) is 3. The van der Waals surface area contributed by atoms with E-state index in [0.717, 1.165) is 13.0 Å². The van der Waals surface area contributed by atoms with E-state index in [9.17, 15) is 0 Å². The third kappa shape index (κ3) is 6.28. The first kappa shape index (κ1) is 11.6. The normalized spacial score (nSPS) is 12.8. The highest BCUT2D eigenvalue weighted by Crippen LogP contribution is 2.12. The molecule has 0 amide bonds. The molecule has 0 aromatic carbocycles. The zero-order valence-corrected chi connectivity index (χ0v) is 8.18. The second-order valence-electron chi connectivity index (χ2n) is 3.07. The molecule has 3 heteroatoms. The van der Waals surface area contributed by atoms with E-state index in [0.29, 0.717) is 5.92 Å². The quantitative estimate of drug-likeness (QED) is 0.443. The second-order valence-corrected chi connectivity index (χ2v) is 3.07. The summed E-state index contributed by atoms with van der Waals surface area (Å²) in [7, 11) is 0. The van der Waals surface area contributed by atoms with Gasteiger partial charge in [0.05, 0.1) is 6.61 Å². The maximum absolute atomic E-state index is 6.54. The van der Waals surface area contributed by atoms with E-state index in [1.165, 1.54) is 19.3 Å². The van der Waals surface area contributed by atoms with E-state index in [-0.39, 0.29) is 6.73 Å². The van der Waals surface area contributed by atoms with E-state index in [4.69, 9.17) is 10.3 Å². The molecule has 0 aliphatic carbocycles. The lowest BCUT2D eigenvalue weighted by Gasteiger charge is -2.12. The molecule has 0 saturated heterocycles. The standard InChI is InChI=1S/C9H20N2O/c1-3-5-6-9(4-2)7-12-8-11-10/h9-10H,3-8H2,1-2H3. The van der Waals surface area contributed by atoms with E-state index < -0.39 is 0 Å². The number of rotatable bonds is 8. The van der Waals surface area contributed by atoms with Crippen LogP contribution in [0.5, 0.6) is 0 Å². The molecule has 0 heterocycles. The third-order valence-electron chi connectivity index (χ3n) is 2.05. The van der Waals surface area contributed by atoms with Crippen LogP contribution in [0.3, 0.4) is 0 Å². The van der Waals surface area contributed by atoms with Crippen LogP contribution >= 0.6 is 0 Å². The lowest BCUT2D eigenvalue weighted by atomic mass is 10.0. The molecule has 0 aliphatic rings. The van der Waals surface area contributed by atoms with Crippen LogP contribution in [0, 0.1) is 11.4 Å². The maximum atomic E-state index is 6.54. The SMILES string of the molecule is CCCCC(CC)COCN=N. The molecule has 0 saturated carbocycles. The molecule has 0 spiro atoms. The van der Waals surface area contributed by atoms with E-state index in [1.54, 1.807) is 0 Å². The van der Waals surface area contributed by atoms with E-state index >= 15 is 0 Å². The molecule has 0 radical (unpaired) electrons. The van der Waals surface area contributed by atoms with Crippen molar-refractivity contribution < 1.29 is 4.74 Å².